The molecule has 0 saturated heterocycles. The highest BCUT2D eigenvalue weighted by Crippen LogP contribution is 2.24. The van der Waals surface area contributed by atoms with Crippen LogP contribution in [0.25, 0.3) is 0 Å². The normalized spacial score (nSPS) is 20.1. The van der Waals surface area contributed by atoms with Gasteiger partial charge in [-0.25, -0.2) is 0 Å². The largest absolute Gasteiger partial charge is 0.359 e. The highest BCUT2D eigenvalue weighted by molar-refractivity contribution is 5.84. The van der Waals surface area contributed by atoms with E-state index >= 15 is 0 Å². The van der Waals surface area contributed by atoms with Gasteiger partial charge in [0, 0.05) is 7.05 Å². The Kier molecular flexibility index (Phi) is 4.12. The molecule has 1 aliphatic rings. The maximum atomic E-state index is 11.0. The molecule has 0 aromatic carbocycles. The molecule has 0 unspecified atom stereocenters. The second kappa shape index (κ2) is 5.18. The van der Waals surface area contributed by atoms with Crippen molar-refractivity contribution in [1.29, 1.82) is 0 Å². The lowest BCUT2D eigenvalue weighted by molar-refractivity contribution is -0.118. The molecule has 0 aromatic rings. The molecule has 69 valence electrons. The van der Waals surface area contributed by atoms with Crippen molar-refractivity contribution in [3.63, 3.8) is 0 Å². The van der Waals surface area contributed by atoms with Gasteiger partial charge in [0.1, 0.15) is 0 Å². The molecular weight excluding hydrogens is 150 g/mol. The summed E-state index contributed by atoms with van der Waals surface area (Å²) in [4.78, 5) is 11.0. The number of hydrogen-bond acceptors (Lipinski definition) is 1. The Morgan fingerprint density at radius 2 is 1.83 bits per heavy atom. The molecule has 1 fully saturated rings. The Balaban J connectivity index is 2.24. The molecule has 0 atom stereocenters. The zero-order chi connectivity index (χ0) is 8.81. The van der Waals surface area contributed by atoms with Gasteiger partial charge in [-0.3, -0.25) is 4.79 Å². The molecule has 12 heavy (non-hydrogen) atoms. The maximum Gasteiger partial charge on any atom is 0.223 e. The number of carbonyl (C=O) groups excluding carboxylic acids is 1. The summed E-state index contributed by atoms with van der Waals surface area (Å²) in [6.07, 6.45) is 9.53. The van der Waals surface area contributed by atoms with Gasteiger partial charge in [-0.2, -0.15) is 0 Å². The fourth-order valence-electron chi connectivity index (χ4n) is 1.78. The lowest BCUT2D eigenvalue weighted by Crippen LogP contribution is -2.21. The number of rotatable bonds is 2. The SMILES string of the molecule is CNC(=O)[CH]C1CCCCCC1. The Morgan fingerprint density at radius 1 is 1.25 bits per heavy atom. The van der Waals surface area contributed by atoms with E-state index in [0.29, 0.717) is 5.92 Å². The smallest absolute Gasteiger partial charge is 0.223 e. The van der Waals surface area contributed by atoms with Crippen LogP contribution in [0.15, 0.2) is 0 Å². The summed E-state index contributed by atoms with van der Waals surface area (Å²) in [5.41, 5.74) is 0. The summed E-state index contributed by atoms with van der Waals surface area (Å²) >= 11 is 0. The molecule has 1 amide bonds. The molecule has 0 aromatic heterocycles. The van der Waals surface area contributed by atoms with Crippen molar-refractivity contribution in [1.82, 2.24) is 5.32 Å². The summed E-state index contributed by atoms with van der Waals surface area (Å²) in [5, 5.41) is 2.64. The Morgan fingerprint density at radius 3 is 2.33 bits per heavy atom. The molecule has 2 heteroatoms. The van der Waals surface area contributed by atoms with Crippen LogP contribution >= 0.6 is 0 Å². The molecule has 0 aliphatic heterocycles. The first kappa shape index (κ1) is 9.56. The van der Waals surface area contributed by atoms with Crippen molar-refractivity contribution in [3.05, 3.63) is 6.42 Å². The molecule has 0 bridgehead atoms. The maximum absolute atomic E-state index is 11.0. The summed E-state index contributed by atoms with van der Waals surface area (Å²) in [7, 11) is 1.69. The summed E-state index contributed by atoms with van der Waals surface area (Å²) < 4.78 is 0. The molecule has 0 heterocycles. The van der Waals surface area contributed by atoms with E-state index in [0.717, 1.165) is 0 Å². The lowest BCUT2D eigenvalue weighted by Gasteiger charge is -2.11. The van der Waals surface area contributed by atoms with Gasteiger partial charge in [0.15, 0.2) is 0 Å². The van der Waals surface area contributed by atoms with Crippen molar-refractivity contribution in [3.8, 4) is 0 Å². The first-order valence-corrected chi connectivity index (χ1v) is 4.89. The third kappa shape index (κ3) is 3.24. The summed E-state index contributed by atoms with van der Waals surface area (Å²) in [6.45, 7) is 0. The average Bonchev–Trinajstić information content (AvgIpc) is 2.33. The molecule has 1 aliphatic carbocycles. The molecular formula is C10H18NO. The number of hydrogen-bond donors (Lipinski definition) is 1. The lowest BCUT2D eigenvalue weighted by atomic mass is 9.96. The fraction of sp³-hybridized carbons (Fsp3) is 0.800. The Labute approximate surface area is 74.7 Å². The fourth-order valence-corrected chi connectivity index (χ4v) is 1.78. The highest BCUT2D eigenvalue weighted by atomic mass is 16.1. The van der Waals surface area contributed by atoms with Crippen LogP contribution in [0.3, 0.4) is 0 Å². The van der Waals surface area contributed by atoms with Crippen molar-refractivity contribution >= 4 is 5.91 Å². The van der Waals surface area contributed by atoms with E-state index in [1.165, 1.54) is 38.5 Å². The van der Waals surface area contributed by atoms with Crippen molar-refractivity contribution in [2.75, 3.05) is 7.05 Å². The number of amides is 1. The van der Waals surface area contributed by atoms with E-state index in [1.807, 2.05) is 6.42 Å². The van der Waals surface area contributed by atoms with Gasteiger partial charge in [-0.1, -0.05) is 25.7 Å². The monoisotopic (exact) mass is 168 g/mol. The van der Waals surface area contributed by atoms with E-state index in [1.54, 1.807) is 7.05 Å². The van der Waals surface area contributed by atoms with Gasteiger partial charge in [0.2, 0.25) is 5.91 Å². The van der Waals surface area contributed by atoms with Gasteiger partial charge in [0.05, 0.1) is 6.42 Å². The molecule has 0 spiro atoms. The van der Waals surface area contributed by atoms with Crippen LogP contribution in [0.1, 0.15) is 38.5 Å². The third-order valence-electron chi connectivity index (χ3n) is 2.53. The van der Waals surface area contributed by atoms with Crippen LogP contribution in [-0.2, 0) is 4.79 Å². The van der Waals surface area contributed by atoms with Crippen LogP contribution in [0.2, 0.25) is 0 Å². The molecule has 2 nitrogen and oxygen atoms in total. The van der Waals surface area contributed by atoms with Gasteiger partial charge in [0.25, 0.3) is 0 Å². The van der Waals surface area contributed by atoms with E-state index in [2.05, 4.69) is 5.32 Å². The standard InChI is InChI=1S/C10H18NO/c1-11-10(12)8-9-6-4-2-3-5-7-9/h8-9H,2-7H2,1H3,(H,11,12). The second-order valence-electron chi connectivity index (χ2n) is 3.53. The Bertz CT molecular complexity index is 137. The zero-order valence-electron chi connectivity index (χ0n) is 7.81. The summed E-state index contributed by atoms with van der Waals surface area (Å²) in [6, 6.07) is 0. The average molecular weight is 168 g/mol. The first-order chi connectivity index (χ1) is 5.83. The van der Waals surface area contributed by atoms with Gasteiger partial charge >= 0.3 is 0 Å². The van der Waals surface area contributed by atoms with Crippen LogP contribution in [0.5, 0.6) is 0 Å². The number of nitrogens with one attached hydrogen (secondary N) is 1. The van der Waals surface area contributed by atoms with E-state index in [4.69, 9.17) is 0 Å². The predicted molar refractivity (Wildman–Crippen MR) is 49.6 cm³/mol. The topological polar surface area (TPSA) is 29.1 Å². The van der Waals surface area contributed by atoms with E-state index < -0.39 is 0 Å². The highest BCUT2D eigenvalue weighted by Gasteiger charge is 2.15. The number of carbonyl (C=O) groups is 1. The van der Waals surface area contributed by atoms with Gasteiger partial charge in [-0.05, 0) is 18.8 Å². The van der Waals surface area contributed by atoms with E-state index in [9.17, 15) is 4.79 Å². The quantitative estimate of drug-likeness (QED) is 0.627. The second-order valence-corrected chi connectivity index (χ2v) is 3.53. The first-order valence-electron chi connectivity index (χ1n) is 4.89. The van der Waals surface area contributed by atoms with E-state index in [-0.39, 0.29) is 5.91 Å². The van der Waals surface area contributed by atoms with Gasteiger partial charge < -0.3 is 5.32 Å². The van der Waals surface area contributed by atoms with Gasteiger partial charge in [-0.15, -0.1) is 0 Å². The molecule has 1 rings (SSSR count). The van der Waals surface area contributed by atoms with Crippen molar-refractivity contribution < 1.29 is 4.79 Å². The Hall–Kier alpha value is -0.530. The third-order valence-corrected chi connectivity index (χ3v) is 2.53. The van der Waals surface area contributed by atoms with Crippen LogP contribution in [0.4, 0.5) is 0 Å². The molecule has 1 N–H and O–H groups in total. The molecule has 1 radical (unpaired) electrons. The zero-order valence-corrected chi connectivity index (χ0v) is 7.81. The predicted octanol–water partition coefficient (Wildman–Crippen LogP) is 1.91. The minimum absolute atomic E-state index is 0.0851. The van der Waals surface area contributed by atoms with Crippen LogP contribution in [-0.4, -0.2) is 13.0 Å². The van der Waals surface area contributed by atoms with Crippen molar-refractivity contribution in [2.45, 2.75) is 38.5 Å². The summed E-state index contributed by atoms with van der Waals surface area (Å²) in [5.74, 6) is 0.620. The van der Waals surface area contributed by atoms with Crippen LogP contribution < -0.4 is 5.32 Å². The molecule has 1 saturated carbocycles. The van der Waals surface area contributed by atoms with Crippen LogP contribution in [0, 0.1) is 12.3 Å². The minimum Gasteiger partial charge on any atom is -0.359 e. The van der Waals surface area contributed by atoms with Crippen molar-refractivity contribution in [2.24, 2.45) is 5.92 Å². The minimum atomic E-state index is 0.0851.